The first-order valence-electron chi connectivity index (χ1n) is 16.8. The van der Waals surface area contributed by atoms with Gasteiger partial charge in [-0.3, -0.25) is 0 Å². The van der Waals surface area contributed by atoms with Crippen LogP contribution in [-0.2, 0) is 19.1 Å². The predicted molar refractivity (Wildman–Crippen MR) is 193 cm³/mol. The van der Waals surface area contributed by atoms with Crippen LogP contribution < -0.4 is 14.2 Å². The molecule has 0 spiro atoms. The summed E-state index contributed by atoms with van der Waals surface area (Å²) in [7, 11) is 0. The summed E-state index contributed by atoms with van der Waals surface area (Å²) < 4.78 is 27.3. The Bertz CT molecular complexity index is 1490. The van der Waals surface area contributed by atoms with Gasteiger partial charge in [0.25, 0.3) is 0 Å². The van der Waals surface area contributed by atoms with Crippen LogP contribution in [0, 0.1) is 11.8 Å². The van der Waals surface area contributed by atoms with E-state index in [1.807, 2.05) is 48.6 Å². The van der Waals surface area contributed by atoms with E-state index in [0.717, 1.165) is 55.4 Å². The van der Waals surface area contributed by atoms with Gasteiger partial charge in [-0.1, -0.05) is 63.4 Å². The van der Waals surface area contributed by atoms with Gasteiger partial charge in [-0.15, -0.1) is 0 Å². The van der Waals surface area contributed by atoms with Gasteiger partial charge in [0.15, 0.2) is 0 Å². The molecule has 2 atom stereocenters. The molecule has 260 valence electrons. The fraction of sp³-hybridized carbons (Fsp3) is 0.341. The van der Waals surface area contributed by atoms with Crippen molar-refractivity contribution >= 4 is 30.1 Å². The van der Waals surface area contributed by atoms with E-state index in [0.29, 0.717) is 55.3 Å². The van der Waals surface area contributed by atoms with Crippen LogP contribution in [0.5, 0.6) is 17.2 Å². The highest BCUT2D eigenvalue weighted by atomic mass is 16.5. The first kappa shape index (κ1) is 38.3. The van der Waals surface area contributed by atoms with Crippen molar-refractivity contribution < 1.29 is 38.1 Å². The molecule has 49 heavy (non-hydrogen) atoms. The molecule has 0 fully saturated rings. The zero-order chi connectivity index (χ0) is 35.3. The third-order valence-electron chi connectivity index (χ3n) is 7.79. The van der Waals surface area contributed by atoms with E-state index in [9.17, 15) is 14.4 Å². The van der Waals surface area contributed by atoms with Crippen LogP contribution in [0.2, 0.25) is 0 Å². The van der Waals surface area contributed by atoms with Gasteiger partial charge < -0.3 is 23.7 Å². The van der Waals surface area contributed by atoms with Crippen LogP contribution in [0.15, 0.2) is 98.1 Å². The van der Waals surface area contributed by atoms with Crippen molar-refractivity contribution in [2.75, 3.05) is 26.4 Å². The summed E-state index contributed by atoms with van der Waals surface area (Å²) in [6, 6.07) is 22.1. The minimum atomic E-state index is -0.434. The SMILES string of the molecule is C=CC(=O)OCCC[C@H](C)CCOc1ccc(/C=C/c2ccc(C(=O)Oc3ccc(OCC[C@@H](C)CCCOC(=O)C=C)cc3)cc2)cc1. The van der Waals surface area contributed by atoms with E-state index in [4.69, 9.17) is 23.7 Å². The molecule has 0 bridgehead atoms. The Morgan fingerprint density at radius 1 is 0.571 bits per heavy atom. The van der Waals surface area contributed by atoms with E-state index in [1.54, 1.807) is 36.4 Å². The van der Waals surface area contributed by atoms with Crippen LogP contribution in [0.3, 0.4) is 0 Å². The van der Waals surface area contributed by atoms with Crippen molar-refractivity contribution in [3.63, 3.8) is 0 Å². The van der Waals surface area contributed by atoms with Gasteiger partial charge in [0, 0.05) is 12.2 Å². The van der Waals surface area contributed by atoms with Gasteiger partial charge in [0.2, 0.25) is 0 Å². The topological polar surface area (TPSA) is 97.4 Å². The minimum absolute atomic E-state index is 0.380. The van der Waals surface area contributed by atoms with E-state index in [1.165, 1.54) is 12.2 Å². The second-order valence-corrected chi connectivity index (χ2v) is 11.9. The molecule has 8 nitrogen and oxygen atoms in total. The molecule has 0 amide bonds. The zero-order valence-electron chi connectivity index (χ0n) is 28.6. The minimum Gasteiger partial charge on any atom is -0.494 e. The van der Waals surface area contributed by atoms with Crippen LogP contribution in [-0.4, -0.2) is 44.3 Å². The van der Waals surface area contributed by atoms with Crippen molar-refractivity contribution in [3.8, 4) is 17.2 Å². The Morgan fingerprint density at radius 3 is 1.43 bits per heavy atom. The van der Waals surface area contributed by atoms with Crippen molar-refractivity contribution in [1.29, 1.82) is 0 Å². The second-order valence-electron chi connectivity index (χ2n) is 11.9. The quantitative estimate of drug-likeness (QED) is 0.0344. The second kappa shape index (κ2) is 21.7. The molecular formula is C41H48O8. The number of carbonyl (C=O) groups is 3. The first-order chi connectivity index (χ1) is 23.7. The number of benzene rings is 3. The maximum absolute atomic E-state index is 12.7. The van der Waals surface area contributed by atoms with Crippen LogP contribution in [0.1, 0.15) is 73.9 Å². The average molecular weight is 669 g/mol. The Morgan fingerprint density at radius 2 is 0.980 bits per heavy atom. The maximum atomic E-state index is 12.7. The number of hydrogen-bond acceptors (Lipinski definition) is 8. The number of rotatable bonds is 22. The monoisotopic (exact) mass is 668 g/mol. The Labute approximate surface area is 290 Å². The Kier molecular flexibility index (Phi) is 17.0. The standard InChI is InChI=1S/C41H48O8/c1-5-39(42)47-27-7-9-31(3)25-29-45-36-19-15-34(16-20-36)12-11-33-13-17-35(18-14-33)41(44)49-38-23-21-37(22-24-38)46-30-26-32(4)10-8-28-48-40(43)6-2/h5-6,11-24,31-32H,1-2,7-10,25-30H2,3-4H3/b12-11+/t31-,32-/m0/s1. The molecule has 0 radical (unpaired) electrons. The van der Waals surface area contributed by atoms with Crippen molar-refractivity contribution in [2.24, 2.45) is 11.8 Å². The Balaban J connectivity index is 1.34. The molecule has 0 unspecified atom stereocenters. The van der Waals surface area contributed by atoms with E-state index < -0.39 is 11.9 Å². The first-order valence-corrected chi connectivity index (χ1v) is 16.8. The summed E-state index contributed by atoms with van der Waals surface area (Å²) in [5.41, 5.74) is 2.44. The molecular weight excluding hydrogens is 620 g/mol. The number of esters is 3. The molecule has 3 aromatic carbocycles. The van der Waals surface area contributed by atoms with Gasteiger partial charge in [-0.05, 0) is 110 Å². The number of carbonyl (C=O) groups excluding carboxylic acids is 3. The number of ether oxygens (including phenoxy) is 5. The lowest BCUT2D eigenvalue weighted by Gasteiger charge is -2.12. The highest BCUT2D eigenvalue weighted by molar-refractivity contribution is 5.91. The number of hydrogen-bond donors (Lipinski definition) is 0. The predicted octanol–water partition coefficient (Wildman–Crippen LogP) is 8.91. The summed E-state index contributed by atoms with van der Waals surface area (Å²) >= 11 is 0. The van der Waals surface area contributed by atoms with Crippen LogP contribution >= 0.6 is 0 Å². The van der Waals surface area contributed by atoms with Crippen LogP contribution in [0.25, 0.3) is 12.2 Å². The summed E-state index contributed by atoms with van der Waals surface area (Å²) in [5, 5.41) is 0. The lowest BCUT2D eigenvalue weighted by Crippen LogP contribution is -2.08. The molecule has 0 saturated heterocycles. The van der Waals surface area contributed by atoms with Gasteiger partial charge >= 0.3 is 17.9 Å². The molecule has 0 saturated carbocycles. The molecule has 0 aliphatic heterocycles. The third-order valence-corrected chi connectivity index (χ3v) is 7.79. The maximum Gasteiger partial charge on any atom is 0.343 e. The van der Waals surface area contributed by atoms with Crippen molar-refractivity contribution in [3.05, 3.63) is 115 Å². The van der Waals surface area contributed by atoms with E-state index in [2.05, 4.69) is 27.0 Å². The summed E-state index contributed by atoms with van der Waals surface area (Å²) in [6.07, 6.45) is 11.7. The molecule has 0 heterocycles. The van der Waals surface area contributed by atoms with Gasteiger partial charge in [0.05, 0.1) is 32.0 Å². The van der Waals surface area contributed by atoms with E-state index >= 15 is 0 Å². The molecule has 3 rings (SSSR count). The Hall–Kier alpha value is -5.11. The third kappa shape index (κ3) is 15.6. The molecule has 0 aromatic heterocycles. The van der Waals surface area contributed by atoms with Gasteiger partial charge in [-0.25, -0.2) is 14.4 Å². The van der Waals surface area contributed by atoms with Gasteiger partial charge in [0.1, 0.15) is 17.2 Å². The summed E-state index contributed by atoms with van der Waals surface area (Å²) in [5.74, 6) is 1.65. The van der Waals surface area contributed by atoms with Crippen molar-refractivity contribution in [1.82, 2.24) is 0 Å². The molecule has 3 aromatic rings. The van der Waals surface area contributed by atoms with Crippen molar-refractivity contribution in [2.45, 2.75) is 52.4 Å². The summed E-state index contributed by atoms with van der Waals surface area (Å²) in [4.78, 5) is 34.9. The largest absolute Gasteiger partial charge is 0.494 e. The normalized spacial score (nSPS) is 12.0. The highest BCUT2D eigenvalue weighted by Crippen LogP contribution is 2.21. The van der Waals surface area contributed by atoms with Crippen LogP contribution in [0.4, 0.5) is 0 Å². The summed E-state index contributed by atoms with van der Waals surface area (Å²) in [6.45, 7) is 13.1. The average Bonchev–Trinajstić information content (AvgIpc) is 3.12. The molecule has 0 aliphatic rings. The molecule has 0 N–H and O–H groups in total. The lowest BCUT2D eigenvalue weighted by atomic mass is 10.0. The van der Waals surface area contributed by atoms with Gasteiger partial charge in [-0.2, -0.15) is 0 Å². The fourth-order valence-corrected chi connectivity index (χ4v) is 4.74. The lowest BCUT2D eigenvalue weighted by molar-refractivity contribution is -0.138. The van der Waals surface area contributed by atoms with E-state index in [-0.39, 0.29) is 5.97 Å². The molecule has 8 heteroatoms. The molecule has 0 aliphatic carbocycles. The smallest absolute Gasteiger partial charge is 0.343 e. The fourth-order valence-electron chi connectivity index (χ4n) is 4.74. The zero-order valence-corrected chi connectivity index (χ0v) is 28.6. The highest BCUT2D eigenvalue weighted by Gasteiger charge is 2.10.